The van der Waals surface area contributed by atoms with Crippen LogP contribution in [0.1, 0.15) is 34.1 Å². The summed E-state index contributed by atoms with van der Waals surface area (Å²) in [6.45, 7) is 7.85. The molecular formula is C15H21N3O2S2. The van der Waals surface area contributed by atoms with E-state index >= 15 is 0 Å². The highest BCUT2D eigenvalue weighted by molar-refractivity contribution is 8.00. The summed E-state index contributed by atoms with van der Waals surface area (Å²) in [6, 6.07) is 1.83. The van der Waals surface area contributed by atoms with Gasteiger partial charge in [0.05, 0.1) is 10.8 Å². The number of carbonyl (C=O) groups excluding carboxylic acids is 1. The van der Waals surface area contributed by atoms with Gasteiger partial charge in [-0.15, -0.1) is 11.3 Å². The molecule has 2 aromatic heterocycles. The molecule has 0 spiro atoms. The van der Waals surface area contributed by atoms with Gasteiger partial charge >= 0.3 is 0 Å². The molecule has 1 atom stereocenters. The molecule has 2 rings (SSSR count). The monoisotopic (exact) mass is 339 g/mol. The number of amides is 1. The van der Waals surface area contributed by atoms with Crippen LogP contribution in [0.4, 0.5) is 0 Å². The Morgan fingerprint density at radius 1 is 1.55 bits per heavy atom. The Morgan fingerprint density at radius 2 is 2.23 bits per heavy atom. The van der Waals surface area contributed by atoms with Gasteiger partial charge in [-0.3, -0.25) is 14.2 Å². The predicted octanol–water partition coefficient (Wildman–Crippen LogP) is 2.78. The average Bonchev–Trinajstić information content (AvgIpc) is 2.92. The highest BCUT2D eigenvalue weighted by atomic mass is 32.2. The number of thiophene rings is 1. The van der Waals surface area contributed by atoms with Gasteiger partial charge in [0, 0.05) is 12.6 Å². The zero-order valence-corrected chi connectivity index (χ0v) is 15.1. The fourth-order valence-electron chi connectivity index (χ4n) is 1.81. The molecule has 0 aliphatic carbocycles. The summed E-state index contributed by atoms with van der Waals surface area (Å²) in [6.07, 6.45) is 0.855. The van der Waals surface area contributed by atoms with Gasteiger partial charge in [0.25, 0.3) is 5.56 Å². The summed E-state index contributed by atoms with van der Waals surface area (Å²) < 4.78 is 2.16. The van der Waals surface area contributed by atoms with Crippen LogP contribution in [0, 0.1) is 0 Å². The molecule has 0 bridgehead atoms. The third-order valence-corrected chi connectivity index (χ3v) is 5.68. The van der Waals surface area contributed by atoms with Crippen molar-refractivity contribution in [2.24, 2.45) is 7.05 Å². The largest absolute Gasteiger partial charge is 0.350 e. The smallest absolute Gasteiger partial charge is 0.271 e. The Labute approximate surface area is 138 Å². The van der Waals surface area contributed by atoms with Crippen LogP contribution in [0.25, 0.3) is 10.2 Å². The number of nitrogens with zero attached hydrogens (tertiary/aromatic N) is 2. The molecule has 1 amide bonds. The molecule has 120 valence electrons. The van der Waals surface area contributed by atoms with Gasteiger partial charge in [-0.2, -0.15) is 0 Å². The summed E-state index contributed by atoms with van der Waals surface area (Å²) in [5, 5.41) is 5.12. The van der Waals surface area contributed by atoms with E-state index < -0.39 is 0 Å². The van der Waals surface area contributed by atoms with E-state index in [9.17, 15) is 9.59 Å². The highest BCUT2D eigenvalue weighted by Gasteiger charge is 2.24. The van der Waals surface area contributed by atoms with E-state index in [0.29, 0.717) is 15.4 Å². The maximum Gasteiger partial charge on any atom is 0.271 e. The second-order valence-electron chi connectivity index (χ2n) is 5.88. The molecule has 0 saturated carbocycles. The molecule has 2 aromatic rings. The van der Waals surface area contributed by atoms with Crippen LogP contribution in [0.2, 0.25) is 0 Å². The van der Waals surface area contributed by atoms with Crippen molar-refractivity contribution < 1.29 is 4.79 Å². The van der Waals surface area contributed by atoms with Crippen LogP contribution in [0.3, 0.4) is 0 Å². The van der Waals surface area contributed by atoms with E-state index in [4.69, 9.17) is 0 Å². The Bertz CT molecular complexity index is 749. The quantitative estimate of drug-likeness (QED) is 0.672. The van der Waals surface area contributed by atoms with Gasteiger partial charge in [-0.25, -0.2) is 4.98 Å². The lowest BCUT2D eigenvalue weighted by Gasteiger charge is -2.26. The molecule has 0 radical (unpaired) electrons. The van der Waals surface area contributed by atoms with E-state index in [2.05, 4.69) is 10.3 Å². The first-order valence-corrected chi connectivity index (χ1v) is 8.94. The summed E-state index contributed by atoms with van der Waals surface area (Å²) in [4.78, 5) is 29.0. The minimum atomic E-state index is -0.319. The number of thioether (sulfide) groups is 1. The van der Waals surface area contributed by atoms with E-state index in [-0.39, 0.29) is 22.3 Å². The Morgan fingerprint density at radius 3 is 2.86 bits per heavy atom. The molecule has 22 heavy (non-hydrogen) atoms. The van der Waals surface area contributed by atoms with Crippen LogP contribution >= 0.6 is 23.1 Å². The number of aromatic nitrogens is 2. The van der Waals surface area contributed by atoms with E-state index in [1.807, 2.05) is 39.1 Å². The van der Waals surface area contributed by atoms with Crippen molar-refractivity contribution in [3.8, 4) is 0 Å². The van der Waals surface area contributed by atoms with Gasteiger partial charge in [-0.1, -0.05) is 18.7 Å². The third-order valence-electron chi connectivity index (χ3n) is 3.64. The zero-order chi connectivity index (χ0) is 16.5. The Kier molecular flexibility index (Phi) is 4.97. The van der Waals surface area contributed by atoms with Crippen LogP contribution < -0.4 is 10.9 Å². The first-order chi connectivity index (χ1) is 10.2. The molecule has 0 aliphatic rings. The van der Waals surface area contributed by atoms with Crippen molar-refractivity contribution in [3.05, 3.63) is 21.8 Å². The van der Waals surface area contributed by atoms with E-state index in [0.717, 1.165) is 6.42 Å². The molecule has 1 unspecified atom stereocenters. The molecule has 0 fully saturated rings. The van der Waals surface area contributed by atoms with E-state index in [1.54, 1.807) is 7.05 Å². The summed E-state index contributed by atoms with van der Waals surface area (Å²) in [5.74, 6) is -0.0449. The second kappa shape index (κ2) is 6.42. The van der Waals surface area contributed by atoms with Crippen molar-refractivity contribution in [1.82, 2.24) is 14.9 Å². The lowest BCUT2D eigenvalue weighted by Crippen LogP contribution is -2.46. The summed E-state index contributed by atoms with van der Waals surface area (Å²) >= 11 is 2.69. The van der Waals surface area contributed by atoms with Crippen molar-refractivity contribution in [2.45, 2.75) is 50.1 Å². The number of hydrogen-bond acceptors (Lipinski definition) is 5. The maximum atomic E-state index is 12.3. The maximum absolute atomic E-state index is 12.3. The van der Waals surface area contributed by atoms with Gasteiger partial charge in [0.2, 0.25) is 5.91 Å². The number of hydrogen-bond donors (Lipinski definition) is 1. The Balaban J connectivity index is 2.21. The van der Waals surface area contributed by atoms with Crippen LogP contribution in [-0.2, 0) is 11.8 Å². The first-order valence-electron chi connectivity index (χ1n) is 7.18. The fraction of sp³-hybridized carbons (Fsp3) is 0.533. The molecule has 1 N–H and O–H groups in total. The lowest BCUT2D eigenvalue weighted by atomic mass is 10.0. The molecule has 7 heteroatoms. The van der Waals surface area contributed by atoms with Crippen molar-refractivity contribution in [1.29, 1.82) is 0 Å². The fourth-order valence-corrected chi connectivity index (χ4v) is 3.49. The second-order valence-corrected chi connectivity index (χ2v) is 8.10. The van der Waals surface area contributed by atoms with Crippen LogP contribution in [0.5, 0.6) is 0 Å². The van der Waals surface area contributed by atoms with E-state index in [1.165, 1.54) is 27.7 Å². The number of fused-ring (bicyclic) bond motifs is 1. The average molecular weight is 339 g/mol. The SMILES string of the molecule is CCC(C)(C)NC(=O)C(C)Sc1nc2ccsc2c(=O)n1C. The lowest BCUT2D eigenvalue weighted by molar-refractivity contribution is -0.121. The van der Waals surface area contributed by atoms with Crippen LogP contribution in [0.15, 0.2) is 21.4 Å². The summed E-state index contributed by atoms with van der Waals surface area (Å²) in [5.41, 5.74) is 0.392. The van der Waals surface area contributed by atoms with Crippen molar-refractivity contribution >= 4 is 39.2 Å². The van der Waals surface area contributed by atoms with Gasteiger partial charge < -0.3 is 5.32 Å². The summed E-state index contributed by atoms with van der Waals surface area (Å²) in [7, 11) is 1.69. The minimum absolute atomic E-state index is 0.0449. The number of rotatable bonds is 5. The first kappa shape index (κ1) is 17.0. The van der Waals surface area contributed by atoms with Crippen molar-refractivity contribution in [3.63, 3.8) is 0 Å². The third kappa shape index (κ3) is 3.52. The molecular weight excluding hydrogens is 318 g/mol. The highest BCUT2D eigenvalue weighted by Crippen LogP contribution is 2.24. The molecule has 0 aromatic carbocycles. The van der Waals surface area contributed by atoms with Crippen LogP contribution in [-0.4, -0.2) is 26.2 Å². The van der Waals surface area contributed by atoms with Gasteiger partial charge in [-0.05, 0) is 38.6 Å². The standard InChI is InChI=1S/C15H21N3O2S2/c1-6-15(3,4)17-12(19)9(2)22-14-16-10-7-8-21-11(10)13(20)18(14)5/h7-9H,6H2,1-5H3,(H,17,19). The molecule has 0 saturated heterocycles. The minimum Gasteiger partial charge on any atom is -0.350 e. The van der Waals surface area contributed by atoms with Gasteiger partial charge in [0.15, 0.2) is 5.16 Å². The predicted molar refractivity (Wildman–Crippen MR) is 92.7 cm³/mol. The zero-order valence-electron chi connectivity index (χ0n) is 13.5. The van der Waals surface area contributed by atoms with Gasteiger partial charge in [0.1, 0.15) is 4.70 Å². The normalized spacial score (nSPS) is 13.3. The molecule has 0 aliphatic heterocycles. The molecule has 5 nitrogen and oxygen atoms in total. The molecule has 2 heterocycles. The number of carbonyl (C=O) groups is 1. The number of nitrogens with one attached hydrogen (secondary N) is 1. The Hall–Kier alpha value is -1.34. The topological polar surface area (TPSA) is 64.0 Å². The van der Waals surface area contributed by atoms with Crippen molar-refractivity contribution in [2.75, 3.05) is 0 Å².